The highest BCUT2D eigenvalue weighted by Gasteiger charge is 1.95. The highest BCUT2D eigenvalue weighted by atomic mass is 16.4. The molecule has 3 heteroatoms. The second-order valence-electron chi connectivity index (χ2n) is 2.18. The molecule has 0 aliphatic carbocycles. The molecule has 0 rings (SSSR count). The van der Waals surface area contributed by atoms with Gasteiger partial charge in [-0.15, -0.1) is 0 Å². The maximum atomic E-state index is 9.80. The van der Waals surface area contributed by atoms with Gasteiger partial charge in [0.25, 0.3) is 0 Å². The highest BCUT2D eigenvalue weighted by Crippen LogP contribution is 1.95. The summed E-state index contributed by atoms with van der Waals surface area (Å²) in [6.45, 7) is 4.50. The summed E-state index contributed by atoms with van der Waals surface area (Å²) in [5, 5.41) is 12.0. The van der Waals surface area contributed by atoms with Crippen molar-refractivity contribution in [2.24, 2.45) is 5.92 Å². The maximum Gasteiger partial charge on any atom is 0.134 e. The van der Waals surface area contributed by atoms with Crippen LogP contribution in [0.5, 0.6) is 0 Å². The molecule has 1 unspecified atom stereocenters. The first-order valence-electron chi connectivity index (χ1n) is 3.11. The van der Waals surface area contributed by atoms with E-state index in [9.17, 15) is 9.90 Å². The van der Waals surface area contributed by atoms with Gasteiger partial charge in [0, 0.05) is 6.54 Å². The minimum absolute atomic E-state index is 0.405. The molecule has 54 valence electrons. The van der Waals surface area contributed by atoms with Crippen molar-refractivity contribution in [3.05, 3.63) is 0 Å². The van der Waals surface area contributed by atoms with E-state index in [0.717, 1.165) is 6.42 Å². The molecule has 0 aromatic carbocycles. The van der Waals surface area contributed by atoms with Gasteiger partial charge in [-0.05, 0) is 5.92 Å². The second kappa shape index (κ2) is 4.18. The number of rotatable bonds is 3. The van der Waals surface area contributed by atoms with E-state index in [2.05, 4.69) is 5.32 Å². The number of hydrogen-bond acceptors (Lipinski definition) is 2. The Morgan fingerprint density at radius 1 is 1.78 bits per heavy atom. The van der Waals surface area contributed by atoms with Gasteiger partial charge in [-0.3, -0.25) is 0 Å². The first-order valence-corrected chi connectivity index (χ1v) is 3.11. The molecule has 0 saturated carbocycles. The van der Waals surface area contributed by atoms with Crippen LogP contribution in [0.4, 0.5) is 4.79 Å². The van der Waals surface area contributed by atoms with Crippen molar-refractivity contribution < 1.29 is 9.90 Å². The molecule has 0 radical (unpaired) electrons. The fraction of sp³-hybridized carbons (Fsp3) is 0.833. The molecule has 0 aromatic heterocycles. The van der Waals surface area contributed by atoms with Crippen LogP contribution in [0.2, 0.25) is 0 Å². The lowest BCUT2D eigenvalue weighted by Crippen LogP contribution is -2.38. The lowest BCUT2D eigenvalue weighted by Gasteiger charge is -2.10. The van der Waals surface area contributed by atoms with Crippen LogP contribution in [0.15, 0.2) is 0 Å². The van der Waals surface area contributed by atoms with E-state index >= 15 is 0 Å². The van der Waals surface area contributed by atoms with Crippen molar-refractivity contribution in [1.82, 2.24) is 5.32 Å². The van der Waals surface area contributed by atoms with Crippen LogP contribution >= 0.6 is 0 Å². The fourth-order valence-electron chi connectivity index (χ4n) is 0.402. The molecular weight excluding hydrogens is 118 g/mol. The van der Waals surface area contributed by atoms with E-state index in [4.69, 9.17) is 0 Å². The van der Waals surface area contributed by atoms with Crippen molar-refractivity contribution in [1.29, 1.82) is 0 Å². The minimum Gasteiger partial charge on any atom is -0.530 e. The van der Waals surface area contributed by atoms with Crippen LogP contribution in [0.3, 0.4) is 0 Å². The van der Waals surface area contributed by atoms with Crippen LogP contribution in [0.25, 0.3) is 0 Å². The predicted molar refractivity (Wildman–Crippen MR) is 32.9 cm³/mol. The zero-order valence-corrected chi connectivity index (χ0v) is 5.81. The van der Waals surface area contributed by atoms with Crippen LogP contribution in [-0.2, 0) is 0 Å². The lowest BCUT2D eigenvalue weighted by atomic mass is 10.1. The topological polar surface area (TPSA) is 52.2 Å². The van der Waals surface area contributed by atoms with Gasteiger partial charge < -0.3 is 15.2 Å². The van der Waals surface area contributed by atoms with E-state index in [0.29, 0.717) is 12.5 Å². The molecule has 1 amide bonds. The fourth-order valence-corrected chi connectivity index (χ4v) is 0.402. The van der Waals surface area contributed by atoms with Crippen molar-refractivity contribution in [2.45, 2.75) is 20.3 Å². The molecule has 0 fully saturated rings. The largest absolute Gasteiger partial charge is 0.530 e. The quantitative estimate of drug-likeness (QED) is 0.583. The number of carbonyl (C=O) groups is 1. The zero-order chi connectivity index (χ0) is 7.28. The molecule has 1 atom stereocenters. The van der Waals surface area contributed by atoms with Gasteiger partial charge in [-0.25, -0.2) is 0 Å². The minimum atomic E-state index is -1.18. The molecule has 0 bridgehead atoms. The Kier molecular flexibility index (Phi) is 3.84. The SMILES string of the molecule is CCC(C)CNC(=O)[O-]. The summed E-state index contributed by atoms with van der Waals surface area (Å²) in [6, 6.07) is 0. The van der Waals surface area contributed by atoms with Crippen LogP contribution in [0, 0.1) is 5.92 Å². The predicted octanol–water partition coefficient (Wildman–Crippen LogP) is -0.0346. The van der Waals surface area contributed by atoms with Crippen LogP contribution in [0.1, 0.15) is 20.3 Å². The Morgan fingerprint density at radius 3 is 2.67 bits per heavy atom. The first-order chi connectivity index (χ1) is 4.16. The van der Waals surface area contributed by atoms with Gasteiger partial charge in [0.2, 0.25) is 0 Å². The van der Waals surface area contributed by atoms with Crippen molar-refractivity contribution in [3.63, 3.8) is 0 Å². The third-order valence-corrected chi connectivity index (χ3v) is 1.29. The molecule has 0 heterocycles. The molecule has 3 nitrogen and oxygen atoms in total. The maximum absolute atomic E-state index is 9.80. The molecule has 0 aromatic rings. The lowest BCUT2D eigenvalue weighted by molar-refractivity contribution is -0.250. The molecule has 0 saturated heterocycles. The average molecular weight is 130 g/mol. The monoisotopic (exact) mass is 130 g/mol. The molecular formula is C6H12NO2-. The molecule has 0 aliphatic heterocycles. The van der Waals surface area contributed by atoms with Crippen molar-refractivity contribution in [2.75, 3.05) is 6.54 Å². The summed E-state index contributed by atoms with van der Waals surface area (Å²) < 4.78 is 0. The molecule has 9 heavy (non-hydrogen) atoms. The van der Waals surface area contributed by atoms with E-state index < -0.39 is 6.09 Å². The van der Waals surface area contributed by atoms with Gasteiger partial charge >= 0.3 is 0 Å². The van der Waals surface area contributed by atoms with Crippen molar-refractivity contribution >= 4 is 6.09 Å². The standard InChI is InChI=1S/C6H13NO2/c1-3-5(2)4-7-6(8)9/h5,7H,3-4H2,1-2H3,(H,8,9)/p-1. The summed E-state index contributed by atoms with van der Waals surface area (Å²) in [7, 11) is 0. The smallest absolute Gasteiger partial charge is 0.134 e. The number of carbonyl (C=O) groups excluding carboxylic acids is 1. The van der Waals surface area contributed by atoms with Crippen LogP contribution < -0.4 is 10.4 Å². The zero-order valence-electron chi connectivity index (χ0n) is 5.81. The third kappa shape index (κ3) is 5.14. The van der Waals surface area contributed by atoms with E-state index in [1.165, 1.54) is 0 Å². The summed E-state index contributed by atoms with van der Waals surface area (Å²) >= 11 is 0. The average Bonchev–Trinajstić information content (AvgIpc) is 1.83. The van der Waals surface area contributed by atoms with Gasteiger partial charge in [-0.2, -0.15) is 0 Å². The summed E-state index contributed by atoms with van der Waals surface area (Å²) in [5.74, 6) is 0.405. The van der Waals surface area contributed by atoms with Gasteiger partial charge in [0.15, 0.2) is 0 Å². The Labute approximate surface area is 55.1 Å². The Hall–Kier alpha value is -0.730. The summed E-state index contributed by atoms with van der Waals surface area (Å²) in [6.07, 6.45) is -0.199. The number of hydrogen-bond donors (Lipinski definition) is 1. The Balaban J connectivity index is 3.16. The van der Waals surface area contributed by atoms with Gasteiger partial charge in [0.1, 0.15) is 6.09 Å². The number of carboxylic acid groups (broad SMARTS) is 1. The number of nitrogens with one attached hydrogen (secondary N) is 1. The van der Waals surface area contributed by atoms with E-state index in [1.54, 1.807) is 0 Å². The molecule has 1 N–H and O–H groups in total. The second-order valence-corrected chi connectivity index (χ2v) is 2.18. The van der Waals surface area contributed by atoms with Gasteiger partial charge in [0.05, 0.1) is 0 Å². The van der Waals surface area contributed by atoms with E-state index in [1.807, 2.05) is 13.8 Å². The molecule has 0 spiro atoms. The molecule has 0 aliphatic rings. The van der Waals surface area contributed by atoms with Gasteiger partial charge in [-0.1, -0.05) is 20.3 Å². The highest BCUT2D eigenvalue weighted by molar-refractivity contribution is 5.61. The summed E-state index contributed by atoms with van der Waals surface area (Å²) in [5.41, 5.74) is 0. The third-order valence-electron chi connectivity index (χ3n) is 1.29. The Morgan fingerprint density at radius 2 is 2.33 bits per heavy atom. The first kappa shape index (κ1) is 8.27. The normalized spacial score (nSPS) is 12.7. The number of amides is 1. The van der Waals surface area contributed by atoms with Crippen molar-refractivity contribution in [3.8, 4) is 0 Å². The van der Waals surface area contributed by atoms with Crippen LogP contribution in [-0.4, -0.2) is 12.6 Å². The Bertz CT molecular complexity index is 93.1. The summed E-state index contributed by atoms with van der Waals surface area (Å²) in [4.78, 5) is 9.80. The van der Waals surface area contributed by atoms with E-state index in [-0.39, 0.29) is 0 Å².